The van der Waals surface area contributed by atoms with Crippen LogP contribution in [-0.2, 0) is 0 Å². The maximum atomic E-state index is 11.3. The van der Waals surface area contributed by atoms with Crippen LogP contribution < -0.4 is 5.73 Å². The monoisotopic (exact) mass is 270 g/mol. The molecule has 1 saturated carbocycles. The Kier molecular flexibility index (Phi) is 5.65. The van der Waals surface area contributed by atoms with Gasteiger partial charge < -0.3 is 15.7 Å². The van der Waals surface area contributed by atoms with Gasteiger partial charge in [0, 0.05) is 13.6 Å². The maximum Gasteiger partial charge on any atom is 0.407 e. The normalized spacial score (nSPS) is 20.9. The number of nitrogens with two attached hydrogens (primary N) is 1. The molecule has 1 rings (SSSR count). The van der Waals surface area contributed by atoms with Crippen LogP contribution in [0, 0.1) is 17.3 Å². The largest absolute Gasteiger partial charge is 0.465 e. The summed E-state index contributed by atoms with van der Waals surface area (Å²) in [5, 5.41) is 9.27. The van der Waals surface area contributed by atoms with E-state index in [2.05, 4.69) is 20.8 Å². The molecular weight excluding hydrogens is 240 g/mol. The molecule has 4 heteroatoms. The van der Waals surface area contributed by atoms with E-state index >= 15 is 0 Å². The first-order valence-electron chi connectivity index (χ1n) is 7.45. The summed E-state index contributed by atoms with van der Waals surface area (Å²) in [6.45, 7) is 7.04. The van der Waals surface area contributed by atoms with Crippen molar-refractivity contribution >= 4 is 6.09 Å². The average molecular weight is 270 g/mol. The molecule has 0 radical (unpaired) electrons. The van der Waals surface area contributed by atoms with E-state index in [1.54, 1.807) is 7.05 Å². The Hall–Kier alpha value is -0.770. The number of likely N-dealkylation sites (N-methyl/N-ethyl adjacent to an activating group) is 1. The number of rotatable bonds is 4. The third-order valence-corrected chi connectivity index (χ3v) is 4.61. The molecule has 0 spiro atoms. The molecule has 0 heterocycles. The minimum Gasteiger partial charge on any atom is -0.465 e. The highest BCUT2D eigenvalue weighted by molar-refractivity contribution is 5.65. The fraction of sp³-hybridized carbons (Fsp3) is 0.933. The van der Waals surface area contributed by atoms with Crippen molar-refractivity contribution in [3.63, 3.8) is 0 Å². The van der Waals surface area contributed by atoms with E-state index in [0.717, 1.165) is 0 Å². The summed E-state index contributed by atoms with van der Waals surface area (Å²) in [6.07, 6.45) is 5.41. The highest BCUT2D eigenvalue weighted by Crippen LogP contribution is 2.42. The van der Waals surface area contributed by atoms with E-state index in [-0.39, 0.29) is 11.5 Å². The van der Waals surface area contributed by atoms with Crippen molar-refractivity contribution in [3.8, 4) is 0 Å². The summed E-state index contributed by atoms with van der Waals surface area (Å²) in [5.74, 6) is 0.933. The lowest BCUT2D eigenvalue weighted by atomic mass is 9.65. The van der Waals surface area contributed by atoms with E-state index in [1.165, 1.54) is 37.0 Å². The van der Waals surface area contributed by atoms with Gasteiger partial charge in [-0.25, -0.2) is 4.79 Å². The summed E-state index contributed by atoms with van der Waals surface area (Å²) in [6, 6.07) is -0.0828. The molecule has 0 aromatic rings. The number of hydrogen-bond acceptors (Lipinski definition) is 2. The molecule has 4 nitrogen and oxygen atoms in total. The van der Waals surface area contributed by atoms with Gasteiger partial charge in [-0.05, 0) is 17.3 Å². The van der Waals surface area contributed by atoms with Gasteiger partial charge in [-0.1, -0.05) is 52.9 Å². The Morgan fingerprint density at radius 3 is 2.21 bits per heavy atom. The van der Waals surface area contributed by atoms with Crippen LogP contribution >= 0.6 is 0 Å². The maximum absolute atomic E-state index is 11.3. The number of nitrogens with zero attached hydrogens (tertiary/aromatic N) is 1. The number of carboxylic acid groups (broad SMARTS) is 1. The van der Waals surface area contributed by atoms with E-state index in [4.69, 9.17) is 5.73 Å². The van der Waals surface area contributed by atoms with Crippen LogP contribution in [0.3, 0.4) is 0 Å². The molecule has 1 aliphatic rings. The second-order valence-electron chi connectivity index (χ2n) is 6.99. The summed E-state index contributed by atoms with van der Waals surface area (Å²) in [4.78, 5) is 12.7. The van der Waals surface area contributed by atoms with Crippen LogP contribution in [-0.4, -0.2) is 35.7 Å². The third kappa shape index (κ3) is 4.10. The smallest absolute Gasteiger partial charge is 0.407 e. The van der Waals surface area contributed by atoms with Crippen LogP contribution in [0.15, 0.2) is 0 Å². The van der Waals surface area contributed by atoms with Crippen molar-refractivity contribution in [2.24, 2.45) is 23.0 Å². The van der Waals surface area contributed by atoms with Crippen LogP contribution in [0.4, 0.5) is 4.79 Å². The minimum absolute atomic E-state index is 0.0791. The van der Waals surface area contributed by atoms with Gasteiger partial charge in [0.2, 0.25) is 0 Å². The predicted octanol–water partition coefficient (Wildman–Crippen LogP) is 3.17. The van der Waals surface area contributed by atoms with Gasteiger partial charge in [0.15, 0.2) is 0 Å². The molecule has 1 fully saturated rings. The molecule has 0 saturated heterocycles. The first kappa shape index (κ1) is 16.3. The Morgan fingerprint density at radius 2 is 1.84 bits per heavy atom. The fourth-order valence-corrected chi connectivity index (χ4v) is 3.78. The van der Waals surface area contributed by atoms with Gasteiger partial charge in [0.25, 0.3) is 0 Å². The molecule has 1 unspecified atom stereocenters. The van der Waals surface area contributed by atoms with Crippen molar-refractivity contribution in [2.75, 3.05) is 13.6 Å². The van der Waals surface area contributed by atoms with Crippen molar-refractivity contribution in [1.29, 1.82) is 0 Å². The lowest BCUT2D eigenvalue weighted by Gasteiger charge is -2.46. The quantitative estimate of drug-likeness (QED) is 0.824. The molecule has 0 aromatic carbocycles. The molecule has 0 aromatic heterocycles. The number of carbonyl (C=O) groups is 1. The number of hydrogen-bond donors (Lipinski definition) is 2. The zero-order valence-corrected chi connectivity index (χ0v) is 12.9. The predicted molar refractivity (Wildman–Crippen MR) is 78.2 cm³/mol. The van der Waals surface area contributed by atoms with Gasteiger partial charge in [-0.2, -0.15) is 0 Å². The Morgan fingerprint density at radius 1 is 1.32 bits per heavy atom. The second-order valence-corrected chi connectivity index (χ2v) is 6.99. The molecule has 2 atom stereocenters. The average Bonchev–Trinajstić information content (AvgIpc) is 2.34. The van der Waals surface area contributed by atoms with Crippen LogP contribution in [0.25, 0.3) is 0 Å². The van der Waals surface area contributed by atoms with Crippen molar-refractivity contribution in [2.45, 2.75) is 58.9 Å². The molecule has 0 aliphatic heterocycles. The van der Waals surface area contributed by atoms with Gasteiger partial charge in [-0.3, -0.25) is 0 Å². The molecule has 1 aliphatic carbocycles. The van der Waals surface area contributed by atoms with Crippen molar-refractivity contribution in [1.82, 2.24) is 4.90 Å². The summed E-state index contributed by atoms with van der Waals surface area (Å²) in [7, 11) is 1.65. The molecular formula is C15H30N2O2. The third-order valence-electron chi connectivity index (χ3n) is 4.61. The van der Waals surface area contributed by atoms with E-state index in [1.807, 2.05) is 0 Å². The summed E-state index contributed by atoms with van der Waals surface area (Å²) in [5.41, 5.74) is 5.99. The van der Waals surface area contributed by atoms with E-state index < -0.39 is 6.09 Å². The van der Waals surface area contributed by atoms with Crippen LogP contribution in [0.1, 0.15) is 52.9 Å². The zero-order chi connectivity index (χ0) is 14.6. The standard InChI is InChI=1S/C15H30N2O2/c1-15(2,3)13(11-8-6-5-7-9-11)12(10-16)17(4)14(18)19/h11-13H,5-10,16H2,1-4H3,(H,18,19)/t12?,13-/m1/s1. The molecule has 19 heavy (non-hydrogen) atoms. The minimum atomic E-state index is -0.875. The summed E-state index contributed by atoms with van der Waals surface area (Å²) < 4.78 is 0. The zero-order valence-electron chi connectivity index (χ0n) is 12.9. The highest BCUT2D eigenvalue weighted by atomic mass is 16.4. The lowest BCUT2D eigenvalue weighted by molar-refractivity contribution is 0.0369. The van der Waals surface area contributed by atoms with E-state index in [0.29, 0.717) is 18.4 Å². The molecule has 3 N–H and O–H groups in total. The van der Waals surface area contributed by atoms with Gasteiger partial charge in [0.1, 0.15) is 0 Å². The van der Waals surface area contributed by atoms with Crippen molar-refractivity contribution in [3.05, 3.63) is 0 Å². The van der Waals surface area contributed by atoms with Crippen LogP contribution in [0.2, 0.25) is 0 Å². The topological polar surface area (TPSA) is 66.6 Å². The molecule has 1 amide bonds. The lowest BCUT2D eigenvalue weighted by Crippen LogP contribution is -2.52. The van der Waals surface area contributed by atoms with Gasteiger partial charge in [-0.15, -0.1) is 0 Å². The SMILES string of the molecule is CN(C(=O)O)C(CN)[C@@H](C1CCCCC1)C(C)(C)C. The van der Waals surface area contributed by atoms with E-state index in [9.17, 15) is 9.90 Å². The Bertz CT molecular complexity index is 293. The highest BCUT2D eigenvalue weighted by Gasteiger charge is 2.40. The fourth-order valence-electron chi connectivity index (χ4n) is 3.78. The van der Waals surface area contributed by atoms with Crippen molar-refractivity contribution < 1.29 is 9.90 Å². The van der Waals surface area contributed by atoms with Gasteiger partial charge >= 0.3 is 6.09 Å². The Labute approximate surface area is 117 Å². The Balaban J connectivity index is 2.96. The molecule has 0 bridgehead atoms. The second kappa shape index (κ2) is 6.60. The first-order valence-corrected chi connectivity index (χ1v) is 7.45. The van der Waals surface area contributed by atoms with Gasteiger partial charge in [0.05, 0.1) is 6.04 Å². The number of amides is 1. The first-order chi connectivity index (χ1) is 8.79. The van der Waals surface area contributed by atoms with Crippen LogP contribution in [0.5, 0.6) is 0 Å². The summed E-state index contributed by atoms with van der Waals surface area (Å²) >= 11 is 0. The molecule has 112 valence electrons.